The van der Waals surface area contributed by atoms with Crippen LogP contribution in [0, 0.1) is 22.7 Å². The summed E-state index contributed by atoms with van der Waals surface area (Å²) >= 11 is 0. The summed E-state index contributed by atoms with van der Waals surface area (Å²) in [6.07, 6.45) is 1.82. The molecule has 14 heteroatoms. The normalized spacial score (nSPS) is 16.7. The van der Waals surface area contributed by atoms with Crippen LogP contribution in [-0.4, -0.2) is 82.7 Å². The van der Waals surface area contributed by atoms with Gasteiger partial charge < -0.3 is 31.1 Å². The smallest absolute Gasteiger partial charge is 0.311 e. The summed E-state index contributed by atoms with van der Waals surface area (Å²) in [5.41, 5.74) is 0.280. The van der Waals surface area contributed by atoms with Gasteiger partial charge >= 0.3 is 5.97 Å². The van der Waals surface area contributed by atoms with Crippen molar-refractivity contribution in [1.29, 1.82) is 0 Å². The van der Waals surface area contributed by atoms with Gasteiger partial charge in [-0.3, -0.25) is 38.5 Å². The van der Waals surface area contributed by atoms with Crippen molar-refractivity contribution in [2.24, 2.45) is 22.7 Å². The molecule has 1 saturated heterocycles. The van der Waals surface area contributed by atoms with Crippen LogP contribution in [0.15, 0.2) is 24.3 Å². The first-order chi connectivity index (χ1) is 23.6. The number of anilines is 1. The molecule has 2 unspecified atom stereocenters. The minimum absolute atomic E-state index is 0.0599. The van der Waals surface area contributed by atoms with Crippen molar-refractivity contribution < 1.29 is 43.4 Å². The monoisotopic (exact) mass is 715 g/mol. The van der Waals surface area contributed by atoms with Crippen LogP contribution in [0.5, 0.6) is 0 Å². The number of nitrogens with zero attached hydrogens (tertiary/aromatic N) is 1. The summed E-state index contributed by atoms with van der Waals surface area (Å²) in [6, 6.07) is 3.36. The largest absolute Gasteiger partial charge is 0.460 e. The molecule has 51 heavy (non-hydrogen) atoms. The lowest BCUT2D eigenvalue weighted by Gasteiger charge is -2.26. The second-order valence-corrected chi connectivity index (χ2v) is 15.6. The summed E-state index contributed by atoms with van der Waals surface area (Å²) in [5.74, 6) is -3.76. The lowest BCUT2D eigenvalue weighted by atomic mass is 9.80. The number of esters is 1. The van der Waals surface area contributed by atoms with Crippen LogP contribution in [0.1, 0.15) is 100.0 Å². The van der Waals surface area contributed by atoms with Crippen molar-refractivity contribution in [1.82, 2.24) is 20.9 Å². The quantitative estimate of drug-likeness (QED) is 0.0914. The van der Waals surface area contributed by atoms with Gasteiger partial charge in [0.2, 0.25) is 35.4 Å². The van der Waals surface area contributed by atoms with E-state index in [-0.39, 0.29) is 55.1 Å². The van der Waals surface area contributed by atoms with Crippen molar-refractivity contribution in [3.05, 3.63) is 29.8 Å². The van der Waals surface area contributed by atoms with Gasteiger partial charge in [0.05, 0.1) is 17.9 Å². The maximum atomic E-state index is 13.1. The molecule has 14 nitrogen and oxygen atoms in total. The van der Waals surface area contributed by atoms with Gasteiger partial charge in [-0.2, -0.15) is 0 Å². The average Bonchev–Trinajstić information content (AvgIpc) is 3.33. The van der Waals surface area contributed by atoms with Gasteiger partial charge in [-0.15, -0.1) is 0 Å². The zero-order valence-corrected chi connectivity index (χ0v) is 31.5. The Kier molecular flexibility index (Phi) is 15.8. The number of carbonyl (C=O) groups excluding carboxylic acids is 7. The average molecular weight is 716 g/mol. The van der Waals surface area contributed by atoms with Crippen molar-refractivity contribution in [3.63, 3.8) is 0 Å². The molecule has 2 rings (SSSR count). The number of nitrogens with one attached hydrogen (secondary N) is 4. The van der Waals surface area contributed by atoms with Crippen LogP contribution in [0.25, 0.3) is 0 Å². The highest BCUT2D eigenvalue weighted by Gasteiger charge is 2.44. The van der Waals surface area contributed by atoms with Gasteiger partial charge in [0, 0.05) is 25.1 Å². The Labute approximate surface area is 301 Å². The molecule has 0 aromatic heterocycles. The van der Waals surface area contributed by atoms with Crippen LogP contribution in [0.4, 0.5) is 5.69 Å². The van der Waals surface area contributed by atoms with E-state index in [1.54, 1.807) is 58.9 Å². The minimum Gasteiger partial charge on any atom is -0.460 e. The van der Waals surface area contributed by atoms with Crippen molar-refractivity contribution in [2.45, 2.75) is 119 Å². The first kappa shape index (κ1) is 42.8. The molecule has 1 aromatic carbocycles. The Morgan fingerprint density at radius 1 is 0.863 bits per heavy atom. The number of hydrogen-bond donors (Lipinski definition) is 5. The predicted octanol–water partition coefficient (Wildman–Crippen LogP) is 2.82. The number of amides is 6. The summed E-state index contributed by atoms with van der Waals surface area (Å²) in [5, 5.41) is 20.2. The number of ether oxygens (including phenoxy) is 1. The van der Waals surface area contributed by atoms with E-state index in [2.05, 4.69) is 21.3 Å². The molecule has 1 fully saturated rings. The summed E-state index contributed by atoms with van der Waals surface area (Å²) < 4.78 is 5.30. The highest BCUT2D eigenvalue weighted by atomic mass is 16.5. The Hall–Kier alpha value is -4.33. The number of aliphatic hydroxyl groups excluding tert-OH is 1. The maximum absolute atomic E-state index is 13.1. The molecule has 0 aliphatic carbocycles. The Morgan fingerprint density at radius 2 is 1.49 bits per heavy atom. The number of carbonyl (C=O) groups is 7. The first-order valence-electron chi connectivity index (χ1n) is 17.6. The van der Waals surface area contributed by atoms with Gasteiger partial charge in [0.15, 0.2) is 0 Å². The van der Waals surface area contributed by atoms with Gasteiger partial charge in [0.1, 0.15) is 24.7 Å². The van der Waals surface area contributed by atoms with Crippen LogP contribution >= 0.6 is 0 Å². The lowest BCUT2D eigenvalue weighted by molar-refractivity contribution is -0.154. The third-order valence-corrected chi connectivity index (χ3v) is 8.61. The fraction of sp³-hybridized carbons (Fsp3) is 0.649. The second-order valence-electron chi connectivity index (χ2n) is 15.6. The third-order valence-electron chi connectivity index (χ3n) is 8.61. The van der Waals surface area contributed by atoms with E-state index in [9.17, 15) is 38.7 Å². The highest BCUT2D eigenvalue weighted by molar-refractivity contribution is 6.04. The molecule has 4 atom stereocenters. The lowest BCUT2D eigenvalue weighted by Crippen LogP contribution is -2.58. The van der Waals surface area contributed by atoms with Gasteiger partial charge in [-0.1, -0.05) is 53.2 Å². The summed E-state index contributed by atoms with van der Waals surface area (Å²) in [6.45, 7) is 15.7. The molecule has 1 aromatic rings. The maximum Gasteiger partial charge on any atom is 0.311 e. The van der Waals surface area contributed by atoms with Crippen molar-refractivity contribution in [2.75, 3.05) is 18.5 Å². The minimum atomic E-state index is -1.30. The molecule has 284 valence electrons. The molecule has 1 aliphatic heterocycles. The number of aliphatic hydroxyl groups is 1. The number of benzene rings is 1. The van der Waals surface area contributed by atoms with Crippen LogP contribution in [0.2, 0.25) is 0 Å². The molecule has 6 amide bonds. The van der Waals surface area contributed by atoms with E-state index in [1.807, 2.05) is 20.8 Å². The summed E-state index contributed by atoms with van der Waals surface area (Å²) in [4.78, 5) is 89.8. The molecule has 0 spiro atoms. The van der Waals surface area contributed by atoms with E-state index in [0.29, 0.717) is 24.9 Å². The number of rotatable bonds is 17. The highest BCUT2D eigenvalue weighted by Crippen LogP contribution is 2.35. The Morgan fingerprint density at radius 3 is 2.02 bits per heavy atom. The van der Waals surface area contributed by atoms with Gasteiger partial charge in [0.25, 0.3) is 0 Å². The SMILES string of the molecule is CC(C)C(NC(=O)[C@H](CO)NC(=O)CCCCCN1C(=O)CC(C(C)(C)C)C1=O)C(=O)N[C@@H](C)C(=O)Nc1ccc(COC(=O)C(C)(C)C)cc1. The van der Waals surface area contributed by atoms with Crippen LogP contribution < -0.4 is 21.3 Å². The molecular formula is C37H57N5O9. The van der Waals surface area contributed by atoms with E-state index in [1.165, 1.54) is 11.8 Å². The molecule has 0 radical (unpaired) electrons. The van der Waals surface area contributed by atoms with E-state index < -0.39 is 59.7 Å². The number of unbranched alkanes of at least 4 members (excludes halogenated alkanes) is 2. The third kappa shape index (κ3) is 13.4. The Balaban J connectivity index is 1.81. The van der Waals surface area contributed by atoms with E-state index >= 15 is 0 Å². The molecular weight excluding hydrogens is 658 g/mol. The van der Waals surface area contributed by atoms with Gasteiger partial charge in [-0.05, 0) is 69.6 Å². The second kappa shape index (κ2) is 18.8. The molecule has 0 bridgehead atoms. The zero-order valence-electron chi connectivity index (χ0n) is 31.5. The summed E-state index contributed by atoms with van der Waals surface area (Å²) in [7, 11) is 0. The fourth-order valence-electron chi connectivity index (χ4n) is 5.25. The first-order valence-corrected chi connectivity index (χ1v) is 17.6. The van der Waals surface area contributed by atoms with E-state index in [4.69, 9.17) is 4.74 Å². The molecule has 1 heterocycles. The van der Waals surface area contributed by atoms with Gasteiger partial charge in [-0.25, -0.2) is 0 Å². The van der Waals surface area contributed by atoms with Crippen molar-refractivity contribution >= 4 is 47.1 Å². The van der Waals surface area contributed by atoms with Crippen LogP contribution in [-0.2, 0) is 44.9 Å². The molecule has 0 saturated carbocycles. The zero-order chi connectivity index (χ0) is 38.7. The number of likely N-dealkylation sites (tertiary alicyclic amines) is 1. The number of imide groups is 1. The Bertz CT molecular complexity index is 1410. The predicted molar refractivity (Wildman–Crippen MR) is 190 cm³/mol. The van der Waals surface area contributed by atoms with E-state index in [0.717, 1.165) is 5.56 Å². The molecule has 1 aliphatic rings. The van der Waals surface area contributed by atoms with Crippen LogP contribution in [0.3, 0.4) is 0 Å². The van der Waals surface area contributed by atoms with Crippen molar-refractivity contribution in [3.8, 4) is 0 Å². The fourth-order valence-corrected chi connectivity index (χ4v) is 5.25. The number of hydrogen-bond acceptors (Lipinski definition) is 9. The molecule has 5 N–H and O–H groups in total. The standard InChI is InChI=1S/C37H57N5O9/c1-22(2)30(33(48)38-23(3)31(46)39-25-16-14-24(15-17-25)21-51-35(50)37(7,8)9)41-32(47)27(20-43)40-28(44)13-11-10-12-18-42-29(45)19-26(34(42)49)36(4,5)6/h14-17,22-23,26-27,30,43H,10-13,18-21H2,1-9H3,(H,38,48)(H,39,46)(H,40,44)(H,41,47)/t23-,26?,27-,30?/m0/s1. The topological polar surface area (TPSA) is 200 Å².